The zero-order valence-electron chi connectivity index (χ0n) is 27.4. The number of fused-ring (bicyclic) bond motifs is 3. The molecule has 11 nitrogen and oxygen atoms in total. The van der Waals surface area contributed by atoms with E-state index >= 15 is 0 Å². The molecule has 6 atom stereocenters. The molecule has 4 fully saturated rings. The van der Waals surface area contributed by atoms with E-state index in [-0.39, 0.29) is 18.4 Å². The molecule has 44 heavy (non-hydrogen) atoms. The van der Waals surface area contributed by atoms with Gasteiger partial charge in [0.2, 0.25) is 0 Å². The van der Waals surface area contributed by atoms with Crippen molar-refractivity contribution >= 4 is 19.1 Å². The fourth-order valence-corrected chi connectivity index (χ4v) is 6.21. The second-order valence-electron chi connectivity index (χ2n) is 14.0. The van der Waals surface area contributed by atoms with Crippen LogP contribution < -0.4 is 0 Å². The molecular weight excluding hydrogens is 571 g/mol. The molecule has 5 rings (SSSR count). The van der Waals surface area contributed by atoms with Crippen molar-refractivity contribution in [1.29, 1.82) is 0 Å². The third kappa shape index (κ3) is 7.01. The summed E-state index contributed by atoms with van der Waals surface area (Å²) in [5, 5.41) is 0. The van der Waals surface area contributed by atoms with Gasteiger partial charge < -0.3 is 42.5 Å². The molecular formula is C32H47BO11. The molecule has 4 heterocycles. The van der Waals surface area contributed by atoms with E-state index in [1.807, 2.05) is 73.6 Å². The van der Waals surface area contributed by atoms with Crippen LogP contribution in [0.3, 0.4) is 0 Å². The predicted octanol–water partition coefficient (Wildman–Crippen LogP) is 4.69. The number of carbonyl (C=O) groups excluding carboxylic acids is 2. The van der Waals surface area contributed by atoms with E-state index in [2.05, 4.69) is 0 Å². The Morgan fingerprint density at radius 3 is 2.18 bits per heavy atom. The highest BCUT2D eigenvalue weighted by Crippen LogP contribution is 2.45. The Bertz CT molecular complexity index is 1200. The van der Waals surface area contributed by atoms with Crippen LogP contribution in [0.5, 0.6) is 0 Å². The first-order valence-electron chi connectivity index (χ1n) is 15.6. The Labute approximate surface area is 260 Å². The maximum Gasteiger partial charge on any atom is 0.465 e. The normalized spacial score (nSPS) is 31.7. The summed E-state index contributed by atoms with van der Waals surface area (Å²) in [5.74, 6) is -2.58. The lowest BCUT2D eigenvalue weighted by atomic mass is 9.65. The average molecular weight is 619 g/mol. The fraction of sp³-hybridized carbons (Fsp3) is 0.750. The van der Waals surface area contributed by atoms with Crippen LogP contribution in [0.4, 0.5) is 0 Å². The smallest absolute Gasteiger partial charge is 0.465 e. The highest BCUT2D eigenvalue weighted by molar-refractivity contribution is 6.47. The molecule has 0 N–H and O–H groups in total. The van der Waals surface area contributed by atoms with E-state index in [1.165, 1.54) is 7.11 Å². The quantitative estimate of drug-likeness (QED) is 0.207. The van der Waals surface area contributed by atoms with E-state index in [0.29, 0.717) is 24.8 Å². The molecule has 0 aliphatic carbocycles. The van der Waals surface area contributed by atoms with E-state index in [4.69, 9.17) is 42.5 Å². The van der Waals surface area contributed by atoms with Gasteiger partial charge in [0, 0.05) is 12.2 Å². The summed E-state index contributed by atoms with van der Waals surface area (Å²) >= 11 is 0. The second-order valence-corrected chi connectivity index (χ2v) is 14.0. The van der Waals surface area contributed by atoms with Crippen molar-refractivity contribution in [3.63, 3.8) is 0 Å². The third-order valence-electron chi connectivity index (χ3n) is 9.15. The van der Waals surface area contributed by atoms with Crippen molar-refractivity contribution in [2.75, 3.05) is 13.7 Å². The molecule has 4 saturated heterocycles. The first-order chi connectivity index (χ1) is 20.5. The number of benzene rings is 1. The van der Waals surface area contributed by atoms with Crippen LogP contribution >= 0.6 is 0 Å². The molecule has 1 aromatic carbocycles. The van der Waals surface area contributed by atoms with Gasteiger partial charge in [-0.25, -0.2) is 4.79 Å². The summed E-state index contributed by atoms with van der Waals surface area (Å²) in [6.45, 7) is 15.3. The Morgan fingerprint density at radius 1 is 0.864 bits per heavy atom. The summed E-state index contributed by atoms with van der Waals surface area (Å²) in [5.41, 5.74) is 0.258. The minimum atomic E-state index is -0.848. The molecule has 244 valence electrons. The zero-order valence-corrected chi connectivity index (χ0v) is 27.4. The minimum Gasteiger partial charge on any atom is -0.469 e. The van der Waals surface area contributed by atoms with Crippen LogP contribution in [0.1, 0.15) is 103 Å². The van der Waals surface area contributed by atoms with Crippen molar-refractivity contribution < 1.29 is 52.1 Å². The highest BCUT2D eigenvalue weighted by Gasteiger charge is 2.61. The zero-order chi connectivity index (χ0) is 32.1. The van der Waals surface area contributed by atoms with Crippen LogP contribution in [0.25, 0.3) is 0 Å². The molecule has 0 aromatic heterocycles. The number of rotatable bonds is 10. The van der Waals surface area contributed by atoms with Gasteiger partial charge in [0.1, 0.15) is 31.0 Å². The Balaban J connectivity index is 1.28. The topological polar surface area (TPSA) is 117 Å². The van der Waals surface area contributed by atoms with Crippen molar-refractivity contribution in [1.82, 2.24) is 0 Å². The molecule has 0 saturated carbocycles. The maximum atomic E-state index is 13.4. The van der Waals surface area contributed by atoms with Crippen LogP contribution in [0.2, 0.25) is 0 Å². The van der Waals surface area contributed by atoms with E-state index in [0.717, 1.165) is 12.0 Å². The van der Waals surface area contributed by atoms with Crippen LogP contribution in [0, 0.1) is 0 Å². The van der Waals surface area contributed by atoms with Gasteiger partial charge in [0.05, 0.1) is 23.9 Å². The van der Waals surface area contributed by atoms with Crippen molar-refractivity contribution in [2.45, 2.75) is 140 Å². The Morgan fingerprint density at radius 2 is 1.50 bits per heavy atom. The molecule has 4 aliphatic rings. The number of esters is 2. The molecule has 0 unspecified atom stereocenters. The monoisotopic (exact) mass is 618 g/mol. The first-order valence-corrected chi connectivity index (χ1v) is 15.6. The summed E-state index contributed by atoms with van der Waals surface area (Å²) in [4.78, 5) is 25.1. The fourth-order valence-electron chi connectivity index (χ4n) is 6.21. The Hall–Kier alpha value is -2.06. The SMILES string of the molecule is COC(=O)CCCC[C@H](B1OC(C)(C)C(C)(C)O1)c1cccc(C(=O)OC[C@H]2O[C@@H]3OC(C)(C)O[C@@H]3[C@H]3OC(C)(C)O[C@H]32)c1. The number of carbonyl (C=O) groups is 2. The van der Waals surface area contributed by atoms with Gasteiger partial charge in [-0.3, -0.25) is 4.79 Å². The van der Waals surface area contributed by atoms with E-state index in [1.54, 1.807) is 6.07 Å². The van der Waals surface area contributed by atoms with Gasteiger partial charge in [0.15, 0.2) is 17.9 Å². The largest absolute Gasteiger partial charge is 0.469 e. The van der Waals surface area contributed by atoms with Gasteiger partial charge >= 0.3 is 19.1 Å². The van der Waals surface area contributed by atoms with E-state index in [9.17, 15) is 9.59 Å². The highest BCUT2D eigenvalue weighted by atomic mass is 16.9. The number of hydrogen-bond donors (Lipinski definition) is 0. The van der Waals surface area contributed by atoms with Crippen LogP contribution in [-0.4, -0.2) is 86.3 Å². The van der Waals surface area contributed by atoms with Gasteiger partial charge in [-0.05, 0) is 85.9 Å². The average Bonchev–Trinajstić information content (AvgIpc) is 3.51. The lowest BCUT2D eigenvalue weighted by Gasteiger charge is -2.36. The second kappa shape index (κ2) is 12.3. The molecule has 0 bridgehead atoms. The van der Waals surface area contributed by atoms with Crippen molar-refractivity contribution in [3.8, 4) is 0 Å². The standard InChI is InChI=1S/C32H47BO11/c1-29(2)30(3,4)44-33(43-29)21(15-10-11-16-23(34)36-9)19-13-12-14-20(17-19)27(35)37-18-22-24-25(40-31(5,6)39-24)26-28(38-22)42-32(7,8)41-26/h12-14,17,21-22,24-26,28H,10-11,15-16,18H2,1-9H3/t21-,22+,24-,25-,26+,28+/m0/s1. The van der Waals surface area contributed by atoms with Gasteiger partial charge in [0.25, 0.3) is 0 Å². The summed E-state index contributed by atoms with van der Waals surface area (Å²) in [6, 6.07) is 7.35. The summed E-state index contributed by atoms with van der Waals surface area (Å²) < 4.78 is 54.0. The number of unbranched alkanes of at least 4 members (excludes halogenated alkanes) is 1. The number of methoxy groups -OCH3 is 1. The summed E-state index contributed by atoms with van der Waals surface area (Å²) in [7, 11) is 0.869. The predicted molar refractivity (Wildman–Crippen MR) is 159 cm³/mol. The van der Waals surface area contributed by atoms with Crippen LogP contribution in [0.15, 0.2) is 24.3 Å². The molecule has 4 aliphatic heterocycles. The summed E-state index contributed by atoms with van der Waals surface area (Å²) in [6.07, 6.45) is -0.215. The molecule has 0 radical (unpaired) electrons. The Kier molecular flexibility index (Phi) is 9.30. The molecule has 0 amide bonds. The van der Waals surface area contributed by atoms with Gasteiger partial charge in [-0.1, -0.05) is 18.6 Å². The number of ether oxygens (including phenoxy) is 7. The molecule has 1 aromatic rings. The lowest BCUT2D eigenvalue weighted by Crippen LogP contribution is -2.56. The van der Waals surface area contributed by atoms with Crippen molar-refractivity contribution in [3.05, 3.63) is 35.4 Å². The first kappa shape index (κ1) is 33.3. The van der Waals surface area contributed by atoms with Gasteiger partial charge in [-0.15, -0.1) is 0 Å². The lowest BCUT2D eigenvalue weighted by molar-refractivity contribution is -0.240. The minimum absolute atomic E-state index is 0.0507. The molecule has 0 spiro atoms. The number of hydrogen-bond acceptors (Lipinski definition) is 11. The third-order valence-corrected chi connectivity index (χ3v) is 9.15. The molecule has 12 heteroatoms. The van der Waals surface area contributed by atoms with Crippen molar-refractivity contribution in [2.24, 2.45) is 0 Å². The maximum absolute atomic E-state index is 13.4. The van der Waals surface area contributed by atoms with Gasteiger partial charge in [-0.2, -0.15) is 0 Å². The van der Waals surface area contributed by atoms with Crippen LogP contribution in [-0.2, 0) is 47.3 Å². The van der Waals surface area contributed by atoms with E-state index < -0.39 is 66.6 Å².